The topological polar surface area (TPSA) is 37.4 Å². The van der Waals surface area contributed by atoms with Gasteiger partial charge in [-0.3, -0.25) is 0 Å². The summed E-state index contributed by atoms with van der Waals surface area (Å²) in [5, 5.41) is 0. The summed E-state index contributed by atoms with van der Waals surface area (Å²) in [5.41, 5.74) is 2.71. The Labute approximate surface area is 128 Å². The molecule has 1 aromatic carbocycles. The van der Waals surface area contributed by atoms with Gasteiger partial charge >= 0.3 is 0 Å². The Balaban J connectivity index is 3.03. The van der Waals surface area contributed by atoms with E-state index in [1.807, 2.05) is 13.8 Å². The van der Waals surface area contributed by atoms with E-state index in [1.165, 1.54) is 4.31 Å². The van der Waals surface area contributed by atoms with E-state index >= 15 is 0 Å². The van der Waals surface area contributed by atoms with Crippen LogP contribution < -0.4 is 0 Å². The molecule has 4 heteroatoms. The Morgan fingerprint density at radius 3 is 2.33 bits per heavy atom. The molecule has 0 atom stereocenters. The first-order valence-electron chi connectivity index (χ1n) is 6.58. The van der Waals surface area contributed by atoms with Gasteiger partial charge in [0.2, 0.25) is 10.0 Å². The van der Waals surface area contributed by atoms with Crippen molar-refractivity contribution in [1.29, 1.82) is 0 Å². The van der Waals surface area contributed by atoms with Gasteiger partial charge in [-0.2, -0.15) is 4.31 Å². The first-order valence-corrected chi connectivity index (χ1v) is 8.02. The van der Waals surface area contributed by atoms with Gasteiger partial charge in [-0.1, -0.05) is 47.9 Å². The molecule has 0 bridgehead atoms. The minimum atomic E-state index is -3.61. The van der Waals surface area contributed by atoms with Gasteiger partial charge in [-0.25, -0.2) is 8.42 Å². The third kappa shape index (κ3) is 4.89. The Bertz CT molecular complexity index is 664. The second kappa shape index (κ2) is 7.26. The molecule has 0 radical (unpaired) electrons. The summed E-state index contributed by atoms with van der Waals surface area (Å²) in [4.78, 5) is 0.242. The number of aryl methyl sites for hydroxylation is 1. The van der Waals surface area contributed by atoms with E-state index in [2.05, 4.69) is 19.1 Å². The second-order valence-electron chi connectivity index (χ2n) is 5.17. The average molecular weight is 303 g/mol. The second-order valence-corrected chi connectivity index (χ2v) is 7.11. The van der Waals surface area contributed by atoms with Crippen LogP contribution in [0.5, 0.6) is 0 Å². The minimum absolute atomic E-state index is 0.0193. The predicted molar refractivity (Wildman–Crippen MR) is 87.3 cm³/mol. The van der Waals surface area contributed by atoms with Crippen molar-refractivity contribution in [3.8, 4) is 12.3 Å². The van der Waals surface area contributed by atoms with E-state index in [0.717, 1.165) is 16.7 Å². The van der Waals surface area contributed by atoms with E-state index in [-0.39, 0.29) is 18.0 Å². The maximum absolute atomic E-state index is 12.6. The van der Waals surface area contributed by atoms with Gasteiger partial charge in [-0.15, -0.1) is 6.42 Å². The highest BCUT2D eigenvalue weighted by Gasteiger charge is 2.24. The van der Waals surface area contributed by atoms with Crippen LogP contribution in [0.4, 0.5) is 0 Å². The van der Waals surface area contributed by atoms with Crippen molar-refractivity contribution >= 4 is 10.0 Å². The van der Waals surface area contributed by atoms with Crippen LogP contribution >= 0.6 is 0 Å². The van der Waals surface area contributed by atoms with E-state index < -0.39 is 10.0 Å². The van der Waals surface area contributed by atoms with Crippen LogP contribution in [-0.2, 0) is 10.0 Å². The molecule has 112 valence electrons. The highest BCUT2D eigenvalue weighted by Crippen LogP contribution is 2.18. The lowest BCUT2D eigenvalue weighted by atomic mass is 10.1. The standard InChI is InChI=1S/C17H21NO2S/c1-6-11-18(13-16(5)12-14(2)3)21(19,20)17-9-7-15(4)8-10-17/h1,7-10H,2,5,11-13H2,3-4H3. The van der Waals surface area contributed by atoms with Gasteiger partial charge in [-0.05, 0) is 32.4 Å². The molecule has 0 spiro atoms. The van der Waals surface area contributed by atoms with Gasteiger partial charge in [0, 0.05) is 6.54 Å². The van der Waals surface area contributed by atoms with Gasteiger partial charge in [0.25, 0.3) is 0 Å². The highest BCUT2D eigenvalue weighted by atomic mass is 32.2. The zero-order valence-electron chi connectivity index (χ0n) is 12.6. The molecule has 0 N–H and O–H groups in total. The molecule has 0 unspecified atom stereocenters. The molecule has 1 rings (SSSR count). The maximum atomic E-state index is 12.6. The Morgan fingerprint density at radius 2 is 1.86 bits per heavy atom. The number of terminal acetylenes is 1. The molecule has 0 aliphatic heterocycles. The summed E-state index contributed by atoms with van der Waals surface area (Å²) in [6.07, 6.45) is 5.89. The van der Waals surface area contributed by atoms with Crippen molar-refractivity contribution in [3.63, 3.8) is 0 Å². The Morgan fingerprint density at radius 1 is 1.29 bits per heavy atom. The summed E-state index contributed by atoms with van der Waals surface area (Å²) in [6, 6.07) is 6.72. The van der Waals surface area contributed by atoms with Crippen molar-refractivity contribution in [1.82, 2.24) is 4.31 Å². The molecule has 0 fully saturated rings. The Kier molecular flexibility index (Phi) is 5.95. The first kappa shape index (κ1) is 17.2. The van der Waals surface area contributed by atoms with E-state index in [0.29, 0.717) is 6.42 Å². The molecule has 1 aromatic rings. The van der Waals surface area contributed by atoms with Gasteiger partial charge < -0.3 is 0 Å². The number of benzene rings is 1. The van der Waals surface area contributed by atoms with Crippen LogP contribution in [-0.4, -0.2) is 25.8 Å². The molecular weight excluding hydrogens is 282 g/mol. The number of nitrogens with zero attached hydrogens (tertiary/aromatic N) is 1. The number of sulfonamides is 1. The largest absolute Gasteiger partial charge is 0.244 e. The van der Waals surface area contributed by atoms with Crippen molar-refractivity contribution in [2.24, 2.45) is 0 Å². The highest BCUT2D eigenvalue weighted by molar-refractivity contribution is 7.89. The molecule has 0 saturated heterocycles. The summed E-state index contributed by atoms with van der Waals surface area (Å²) in [6.45, 7) is 11.7. The SMILES string of the molecule is C#CCN(CC(=C)CC(=C)C)S(=O)(=O)c1ccc(C)cc1. The predicted octanol–water partition coefficient (Wildman–Crippen LogP) is 3.14. The minimum Gasteiger partial charge on any atom is -0.207 e. The first-order chi connectivity index (χ1) is 9.77. The van der Waals surface area contributed by atoms with Crippen molar-refractivity contribution in [2.45, 2.75) is 25.2 Å². The lowest BCUT2D eigenvalue weighted by Crippen LogP contribution is -2.33. The van der Waals surface area contributed by atoms with Crippen LogP contribution in [0, 0.1) is 19.3 Å². The Hall–Kier alpha value is -1.83. The molecule has 0 amide bonds. The molecular formula is C17H21NO2S. The lowest BCUT2D eigenvalue weighted by Gasteiger charge is -2.21. The van der Waals surface area contributed by atoms with Gasteiger partial charge in [0.15, 0.2) is 0 Å². The number of allylic oxidation sites excluding steroid dienone is 1. The van der Waals surface area contributed by atoms with Crippen molar-refractivity contribution in [3.05, 3.63) is 54.1 Å². The van der Waals surface area contributed by atoms with Crippen LogP contribution in [0.2, 0.25) is 0 Å². The molecule has 0 aliphatic carbocycles. The normalized spacial score (nSPS) is 11.1. The zero-order valence-corrected chi connectivity index (χ0v) is 13.4. The molecule has 0 saturated carbocycles. The third-order valence-electron chi connectivity index (χ3n) is 2.88. The van der Waals surface area contributed by atoms with Crippen LogP contribution in [0.1, 0.15) is 18.9 Å². The maximum Gasteiger partial charge on any atom is 0.244 e. The molecule has 0 heterocycles. The molecule has 21 heavy (non-hydrogen) atoms. The third-order valence-corrected chi connectivity index (χ3v) is 4.68. The van der Waals surface area contributed by atoms with E-state index in [4.69, 9.17) is 6.42 Å². The van der Waals surface area contributed by atoms with Gasteiger partial charge in [0.05, 0.1) is 11.4 Å². The van der Waals surface area contributed by atoms with E-state index in [1.54, 1.807) is 24.3 Å². The summed E-state index contributed by atoms with van der Waals surface area (Å²) in [5.74, 6) is 2.40. The quantitative estimate of drug-likeness (QED) is 0.573. The monoisotopic (exact) mass is 303 g/mol. The molecule has 3 nitrogen and oxygen atoms in total. The van der Waals surface area contributed by atoms with Crippen LogP contribution in [0.15, 0.2) is 53.5 Å². The summed E-state index contributed by atoms with van der Waals surface area (Å²) >= 11 is 0. The zero-order chi connectivity index (χ0) is 16.0. The number of hydrogen-bond acceptors (Lipinski definition) is 2. The van der Waals surface area contributed by atoms with Gasteiger partial charge in [0.1, 0.15) is 0 Å². The van der Waals surface area contributed by atoms with Crippen LogP contribution in [0.3, 0.4) is 0 Å². The number of rotatable bonds is 7. The summed E-state index contributed by atoms with van der Waals surface area (Å²) < 4.78 is 26.5. The smallest absolute Gasteiger partial charge is 0.207 e. The summed E-state index contributed by atoms with van der Waals surface area (Å²) in [7, 11) is -3.61. The van der Waals surface area contributed by atoms with Crippen molar-refractivity contribution < 1.29 is 8.42 Å². The molecule has 0 aliphatic rings. The fourth-order valence-electron chi connectivity index (χ4n) is 1.92. The number of hydrogen-bond donors (Lipinski definition) is 0. The fraction of sp³-hybridized carbons (Fsp3) is 0.294. The van der Waals surface area contributed by atoms with E-state index in [9.17, 15) is 8.42 Å². The average Bonchev–Trinajstić information content (AvgIpc) is 2.37. The van der Waals surface area contributed by atoms with Crippen LogP contribution in [0.25, 0.3) is 0 Å². The fourth-order valence-corrected chi connectivity index (χ4v) is 3.29. The molecule has 0 aromatic heterocycles. The lowest BCUT2D eigenvalue weighted by molar-refractivity contribution is 0.469. The van der Waals surface area contributed by atoms with Crippen molar-refractivity contribution in [2.75, 3.05) is 13.1 Å².